The standard InChI is InChI=1S/C16H21N3O/c1-5-19-10-15(13(4)18-19)12(3)17-16(20)14-8-6-11(2)7-9-14/h6-10,12H,5H2,1-4H3,(H,17,20). The van der Waals surface area contributed by atoms with Gasteiger partial charge in [-0.25, -0.2) is 0 Å². The van der Waals surface area contributed by atoms with E-state index < -0.39 is 0 Å². The largest absolute Gasteiger partial charge is 0.345 e. The minimum Gasteiger partial charge on any atom is -0.345 e. The molecule has 2 aromatic rings. The molecule has 0 radical (unpaired) electrons. The summed E-state index contributed by atoms with van der Waals surface area (Å²) in [6.07, 6.45) is 2.00. The first-order valence-corrected chi connectivity index (χ1v) is 6.92. The van der Waals surface area contributed by atoms with Crippen LogP contribution in [0.1, 0.15) is 47.1 Å². The van der Waals surface area contributed by atoms with E-state index in [9.17, 15) is 4.79 Å². The fourth-order valence-corrected chi connectivity index (χ4v) is 2.18. The van der Waals surface area contributed by atoms with Crippen LogP contribution in [0, 0.1) is 13.8 Å². The molecule has 106 valence electrons. The average molecular weight is 271 g/mol. The molecule has 0 aliphatic heterocycles. The lowest BCUT2D eigenvalue weighted by Gasteiger charge is -2.13. The van der Waals surface area contributed by atoms with Crippen molar-refractivity contribution in [3.05, 3.63) is 52.8 Å². The molecule has 1 unspecified atom stereocenters. The predicted molar refractivity (Wildman–Crippen MR) is 79.7 cm³/mol. The Balaban J connectivity index is 2.10. The maximum Gasteiger partial charge on any atom is 0.251 e. The lowest BCUT2D eigenvalue weighted by molar-refractivity contribution is 0.0940. The molecule has 1 atom stereocenters. The van der Waals surface area contributed by atoms with E-state index in [1.165, 1.54) is 0 Å². The van der Waals surface area contributed by atoms with Crippen molar-refractivity contribution >= 4 is 5.91 Å². The Morgan fingerprint density at radius 1 is 1.30 bits per heavy atom. The van der Waals surface area contributed by atoms with Gasteiger partial charge in [-0.3, -0.25) is 9.48 Å². The van der Waals surface area contributed by atoms with Crippen molar-refractivity contribution < 1.29 is 4.79 Å². The van der Waals surface area contributed by atoms with Crippen molar-refractivity contribution in [3.8, 4) is 0 Å². The van der Waals surface area contributed by atoms with Crippen LogP contribution in [-0.4, -0.2) is 15.7 Å². The molecule has 1 heterocycles. The summed E-state index contributed by atoms with van der Waals surface area (Å²) in [7, 11) is 0. The maximum atomic E-state index is 12.2. The van der Waals surface area contributed by atoms with Gasteiger partial charge in [-0.1, -0.05) is 17.7 Å². The Bertz CT molecular complexity index is 599. The molecule has 0 aliphatic rings. The highest BCUT2D eigenvalue weighted by Gasteiger charge is 2.15. The van der Waals surface area contributed by atoms with E-state index >= 15 is 0 Å². The summed E-state index contributed by atoms with van der Waals surface area (Å²) in [5.41, 5.74) is 3.86. The molecule has 4 nitrogen and oxygen atoms in total. The summed E-state index contributed by atoms with van der Waals surface area (Å²) in [5.74, 6) is -0.0545. The molecular weight excluding hydrogens is 250 g/mol. The third-order valence-electron chi connectivity index (χ3n) is 3.44. The number of nitrogens with zero attached hydrogens (tertiary/aromatic N) is 2. The van der Waals surface area contributed by atoms with Gasteiger partial charge in [0.1, 0.15) is 0 Å². The van der Waals surface area contributed by atoms with Gasteiger partial charge in [-0.2, -0.15) is 5.10 Å². The van der Waals surface area contributed by atoms with Crippen molar-refractivity contribution in [2.45, 2.75) is 40.3 Å². The third kappa shape index (κ3) is 3.07. The fraction of sp³-hybridized carbons (Fsp3) is 0.375. The highest BCUT2D eigenvalue weighted by atomic mass is 16.1. The number of amides is 1. The van der Waals surface area contributed by atoms with Crippen LogP contribution in [0.5, 0.6) is 0 Å². The van der Waals surface area contributed by atoms with E-state index in [2.05, 4.69) is 10.4 Å². The first kappa shape index (κ1) is 14.3. The molecule has 0 bridgehead atoms. The van der Waals surface area contributed by atoms with E-state index in [0.717, 1.165) is 23.4 Å². The number of benzene rings is 1. The Morgan fingerprint density at radius 3 is 2.50 bits per heavy atom. The maximum absolute atomic E-state index is 12.2. The number of carbonyl (C=O) groups is 1. The molecule has 0 spiro atoms. The van der Waals surface area contributed by atoms with Crippen molar-refractivity contribution in [2.75, 3.05) is 0 Å². The number of carbonyl (C=O) groups excluding carboxylic acids is 1. The fourth-order valence-electron chi connectivity index (χ4n) is 2.18. The van der Waals surface area contributed by atoms with Crippen LogP contribution in [0.2, 0.25) is 0 Å². The van der Waals surface area contributed by atoms with Gasteiger partial charge < -0.3 is 5.32 Å². The molecule has 0 saturated carbocycles. The molecular formula is C16H21N3O. The molecule has 4 heteroatoms. The monoisotopic (exact) mass is 271 g/mol. The second-order valence-corrected chi connectivity index (χ2v) is 5.09. The van der Waals surface area contributed by atoms with Gasteiger partial charge in [-0.05, 0) is 39.8 Å². The lowest BCUT2D eigenvalue weighted by Crippen LogP contribution is -2.26. The lowest BCUT2D eigenvalue weighted by atomic mass is 10.1. The van der Waals surface area contributed by atoms with Gasteiger partial charge in [-0.15, -0.1) is 0 Å². The summed E-state index contributed by atoms with van der Waals surface area (Å²) >= 11 is 0. The van der Waals surface area contributed by atoms with Gasteiger partial charge in [0.2, 0.25) is 0 Å². The Labute approximate surface area is 119 Å². The van der Waals surface area contributed by atoms with Gasteiger partial charge in [0.25, 0.3) is 5.91 Å². The molecule has 0 aliphatic carbocycles. The zero-order valence-electron chi connectivity index (χ0n) is 12.5. The zero-order valence-corrected chi connectivity index (χ0v) is 12.5. The van der Waals surface area contributed by atoms with E-state index in [-0.39, 0.29) is 11.9 Å². The number of hydrogen-bond acceptors (Lipinski definition) is 2. The second kappa shape index (κ2) is 5.90. The first-order valence-electron chi connectivity index (χ1n) is 6.92. The van der Waals surface area contributed by atoms with E-state index in [1.807, 2.05) is 62.8 Å². The number of nitrogens with one attached hydrogen (secondary N) is 1. The molecule has 1 N–H and O–H groups in total. The van der Waals surface area contributed by atoms with Crippen molar-refractivity contribution in [2.24, 2.45) is 0 Å². The van der Waals surface area contributed by atoms with Crippen molar-refractivity contribution in [1.82, 2.24) is 15.1 Å². The van der Waals surface area contributed by atoms with Crippen LogP contribution < -0.4 is 5.32 Å². The third-order valence-corrected chi connectivity index (χ3v) is 3.44. The Hall–Kier alpha value is -2.10. The van der Waals surface area contributed by atoms with Crippen molar-refractivity contribution in [1.29, 1.82) is 0 Å². The van der Waals surface area contributed by atoms with Crippen LogP contribution in [0.4, 0.5) is 0 Å². The second-order valence-electron chi connectivity index (χ2n) is 5.09. The number of hydrogen-bond donors (Lipinski definition) is 1. The summed E-state index contributed by atoms with van der Waals surface area (Å²) in [5, 5.41) is 7.43. The van der Waals surface area contributed by atoms with Crippen molar-refractivity contribution in [3.63, 3.8) is 0 Å². The molecule has 20 heavy (non-hydrogen) atoms. The minimum absolute atomic E-state index is 0.0518. The van der Waals surface area contributed by atoms with Gasteiger partial charge in [0.05, 0.1) is 11.7 Å². The summed E-state index contributed by atoms with van der Waals surface area (Å²) in [4.78, 5) is 12.2. The quantitative estimate of drug-likeness (QED) is 0.929. The summed E-state index contributed by atoms with van der Waals surface area (Å²) in [6.45, 7) is 8.84. The zero-order chi connectivity index (χ0) is 14.7. The molecule has 1 aromatic heterocycles. The number of rotatable bonds is 4. The molecule has 0 fully saturated rings. The van der Waals surface area contributed by atoms with Crippen LogP contribution in [0.3, 0.4) is 0 Å². The van der Waals surface area contributed by atoms with Gasteiger partial charge >= 0.3 is 0 Å². The molecule has 1 amide bonds. The van der Waals surface area contributed by atoms with E-state index in [1.54, 1.807) is 0 Å². The molecule has 2 rings (SSSR count). The Kier molecular flexibility index (Phi) is 4.23. The number of aromatic nitrogens is 2. The average Bonchev–Trinajstić information content (AvgIpc) is 2.80. The topological polar surface area (TPSA) is 46.9 Å². The summed E-state index contributed by atoms with van der Waals surface area (Å²) < 4.78 is 1.89. The highest BCUT2D eigenvalue weighted by molar-refractivity contribution is 5.94. The molecule has 1 aromatic carbocycles. The minimum atomic E-state index is -0.0545. The van der Waals surface area contributed by atoms with Crippen LogP contribution >= 0.6 is 0 Å². The first-order chi connectivity index (χ1) is 9.51. The normalized spacial score (nSPS) is 12.2. The molecule has 0 saturated heterocycles. The number of aryl methyl sites for hydroxylation is 3. The highest BCUT2D eigenvalue weighted by Crippen LogP contribution is 2.16. The predicted octanol–water partition coefficient (Wildman–Crippen LogP) is 3.01. The van der Waals surface area contributed by atoms with Gasteiger partial charge in [0.15, 0.2) is 0 Å². The Morgan fingerprint density at radius 2 is 1.95 bits per heavy atom. The van der Waals surface area contributed by atoms with E-state index in [0.29, 0.717) is 5.56 Å². The SMILES string of the molecule is CCn1cc(C(C)NC(=O)c2ccc(C)cc2)c(C)n1. The van der Waals surface area contributed by atoms with Crippen LogP contribution in [-0.2, 0) is 6.54 Å². The van der Waals surface area contributed by atoms with E-state index in [4.69, 9.17) is 0 Å². The summed E-state index contributed by atoms with van der Waals surface area (Å²) in [6, 6.07) is 7.53. The van der Waals surface area contributed by atoms with Gasteiger partial charge in [0, 0.05) is 23.9 Å². The van der Waals surface area contributed by atoms with Crippen LogP contribution in [0.25, 0.3) is 0 Å². The smallest absolute Gasteiger partial charge is 0.251 e. The van der Waals surface area contributed by atoms with Crippen LogP contribution in [0.15, 0.2) is 30.5 Å².